The van der Waals surface area contributed by atoms with Crippen LogP contribution in [-0.4, -0.2) is 25.0 Å². The van der Waals surface area contributed by atoms with E-state index in [1.807, 2.05) is 0 Å². The lowest BCUT2D eigenvalue weighted by Gasteiger charge is -2.24. The Morgan fingerprint density at radius 2 is 2.35 bits per heavy atom. The third-order valence-electron chi connectivity index (χ3n) is 3.07. The van der Waals surface area contributed by atoms with Gasteiger partial charge in [-0.1, -0.05) is 0 Å². The van der Waals surface area contributed by atoms with Crippen molar-refractivity contribution in [1.82, 2.24) is 10.6 Å². The monoisotopic (exact) mass is 236 g/mol. The third-order valence-corrected chi connectivity index (χ3v) is 3.07. The van der Waals surface area contributed by atoms with Gasteiger partial charge >= 0.3 is 0 Å². The predicted octanol–water partition coefficient (Wildman–Crippen LogP) is 1.62. The fourth-order valence-corrected chi connectivity index (χ4v) is 2.12. The zero-order valence-corrected chi connectivity index (χ0v) is 9.92. The lowest BCUT2D eigenvalue weighted by Crippen LogP contribution is -2.45. The molecule has 0 aromatic heterocycles. The zero-order valence-electron chi connectivity index (χ0n) is 9.92. The summed E-state index contributed by atoms with van der Waals surface area (Å²) in [7, 11) is 0. The Hall–Kier alpha value is -1.42. The van der Waals surface area contributed by atoms with Gasteiger partial charge in [-0.3, -0.25) is 4.79 Å². The van der Waals surface area contributed by atoms with Gasteiger partial charge in [-0.25, -0.2) is 4.39 Å². The smallest absolute Gasteiger partial charge is 0.251 e. The maximum absolute atomic E-state index is 12.9. The molecule has 2 N–H and O–H groups in total. The summed E-state index contributed by atoms with van der Waals surface area (Å²) in [5, 5.41) is 6.21. The average Bonchev–Trinajstić information content (AvgIpc) is 2.30. The van der Waals surface area contributed by atoms with Crippen LogP contribution < -0.4 is 10.6 Å². The molecule has 0 aliphatic carbocycles. The van der Waals surface area contributed by atoms with Gasteiger partial charge in [0.2, 0.25) is 0 Å². The second-order valence-corrected chi connectivity index (χ2v) is 4.48. The molecule has 1 saturated heterocycles. The third kappa shape index (κ3) is 3.03. The van der Waals surface area contributed by atoms with Crippen molar-refractivity contribution in [3.05, 3.63) is 35.1 Å². The molecular weight excluding hydrogens is 219 g/mol. The van der Waals surface area contributed by atoms with Crippen LogP contribution in [0.3, 0.4) is 0 Å². The highest BCUT2D eigenvalue weighted by Crippen LogP contribution is 2.11. The van der Waals surface area contributed by atoms with Crippen LogP contribution >= 0.6 is 0 Å². The van der Waals surface area contributed by atoms with Gasteiger partial charge < -0.3 is 10.6 Å². The van der Waals surface area contributed by atoms with Gasteiger partial charge in [0.15, 0.2) is 0 Å². The van der Waals surface area contributed by atoms with Crippen LogP contribution in [-0.2, 0) is 0 Å². The van der Waals surface area contributed by atoms with E-state index in [-0.39, 0.29) is 17.8 Å². The van der Waals surface area contributed by atoms with Gasteiger partial charge in [0.1, 0.15) is 5.82 Å². The van der Waals surface area contributed by atoms with Crippen LogP contribution in [0.2, 0.25) is 0 Å². The number of benzene rings is 1. The summed E-state index contributed by atoms with van der Waals surface area (Å²) >= 11 is 0. The molecule has 1 fully saturated rings. The molecule has 1 heterocycles. The number of nitrogens with one attached hydrogen (secondary N) is 2. The van der Waals surface area contributed by atoms with Crippen LogP contribution in [0.15, 0.2) is 18.2 Å². The van der Waals surface area contributed by atoms with Crippen molar-refractivity contribution < 1.29 is 9.18 Å². The molecular formula is C13H17FN2O. The van der Waals surface area contributed by atoms with Crippen molar-refractivity contribution in [1.29, 1.82) is 0 Å². The van der Waals surface area contributed by atoms with Crippen molar-refractivity contribution in [2.75, 3.05) is 13.1 Å². The van der Waals surface area contributed by atoms with E-state index >= 15 is 0 Å². The number of hydrogen-bond acceptors (Lipinski definition) is 2. The first-order chi connectivity index (χ1) is 8.16. The molecule has 4 heteroatoms. The second-order valence-electron chi connectivity index (χ2n) is 4.48. The van der Waals surface area contributed by atoms with Crippen LogP contribution in [0.5, 0.6) is 0 Å². The molecule has 0 bridgehead atoms. The summed E-state index contributed by atoms with van der Waals surface area (Å²) in [5.74, 6) is -0.422. The average molecular weight is 236 g/mol. The molecule has 1 amide bonds. The standard InChI is InChI=1S/C13H17FN2O/c1-9-7-10(14)4-5-12(9)13(17)16-11-3-2-6-15-8-11/h4-5,7,11,15H,2-3,6,8H2,1H3,(H,16,17). The van der Waals surface area contributed by atoms with E-state index in [1.165, 1.54) is 18.2 Å². The van der Waals surface area contributed by atoms with Gasteiger partial charge in [-0.15, -0.1) is 0 Å². The molecule has 1 aliphatic rings. The molecule has 0 saturated carbocycles. The molecule has 2 rings (SSSR count). The largest absolute Gasteiger partial charge is 0.348 e. The molecule has 1 atom stereocenters. The Labute approximate surface area is 100 Å². The minimum absolute atomic E-state index is 0.115. The number of carbonyl (C=O) groups excluding carboxylic acids is 1. The highest BCUT2D eigenvalue weighted by Gasteiger charge is 2.17. The van der Waals surface area contributed by atoms with E-state index in [4.69, 9.17) is 0 Å². The Kier molecular flexibility index (Phi) is 3.74. The van der Waals surface area contributed by atoms with Crippen LogP contribution in [0.4, 0.5) is 4.39 Å². The van der Waals surface area contributed by atoms with Crippen LogP contribution in [0.25, 0.3) is 0 Å². The van der Waals surface area contributed by atoms with E-state index < -0.39 is 0 Å². The van der Waals surface area contributed by atoms with E-state index in [2.05, 4.69) is 10.6 Å². The molecule has 1 aromatic rings. The Morgan fingerprint density at radius 3 is 3.00 bits per heavy atom. The SMILES string of the molecule is Cc1cc(F)ccc1C(=O)NC1CCCNC1. The van der Waals surface area contributed by atoms with Crippen molar-refractivity contribution >= 4 is 5.91 Å². The lowest BCUT2D eigenvalue weighted by molar-refractivity contribution is 0.0930. The first kappa shape index (κ1) is 12.0. The predicted molar refractivity (Wildman–Crippen MR) is 64.5 cm³/mol. The summed E-state index contributed by atoms with van der Waals surface area (Å²) in [6.45, 7) is 3.57. The van der Waals surface area contributed by atoms with Gasteiger partial charge in [0.25, 0.3) is 5.91 Å². The normalized spacial score (nSPS) is 20.0. The number of carbonyl (C=O) groups is 1. The maximum Gasteiger partial charge on any atom is 0.251 e. The van der Waals surface area contributed by atoms with Crippen molar-refractivity contribution in [2.45, 2.75) is 25.8 Å². The summed E-state index contributed by atoms with van der Waals surface area (Å²) in [6.07, 6.45) is 2.08. The highest BCUT2D eigenvalue weighted by molar-refractivity contribution is 5.95. The topological polar surface area (TPSA) is 41.1 Å². The molecule has 1 unspecified atom stereocenters. The number of amides is 1. The van der Waals surface area contributed by atoms with Crippen molar-refractivity contribution in [2.24, 2.45) is 0 Å². The summed E-state index contributed by atoms with van der Waals surface area (Å²) in [5.41, 5.74) is 1.23. The summed E-state index contributed by atoms with van der Waals surface area (Å²) in [6, 6.07) is 4.42. The molecule has 1 aliphatic heterocycles. The van der Waals surface area contributed by atoms with E-state index in [1.54, 1.807) is 6.92 Å². The minimum atomic E-state index is -0.307. The number of rotatable bonds is 2. The summed E-state index contributed by atoms with van der Waals surface area (Å²) in [4.78, 5) is 12.0. The molecule has 1 aromatic carbocycles. The Morgan fingerprint density at radius 1 is 1.53 bits per heavy atom. The van der Waals surface area contributed by atoms with E-state index in [9.17, 15) is 9.18 Å². The maximum atomic E-state index is 12.9. The zero-order chi connectivity index (χ0) is 12.3. The molecule has 92 valence electrons. The lowest BCUT2D eigenvalue weighted by atomic mass is 10.0. The number of piperidine rings is 1. The van der Waals surface area contributed by atoms with E-state index in [0.29, 0.717) is 11.1 Å². The molecule has 0 spiro atoms. The van der Waals surface area contributed by atoms with Gasteiger partial charge in [-0.2, -0.15) is 0 Å². The van der Waals surface area contributed by atoms with Crippen molar-refractivity contribution in [3.8, 4) is 0 Å². The van der Waals surface area contributed by atoms with Gasteiger partial charge in [-0.05, 0) is 50.1 Å². The first-order valence-electron chi connectivity index (χ1n) is 5.94. The van der Waals surface area contributed by atoms with Gasteiger partial charge in [0, 0.05) is 18.2 Å². The second kappa shape index (κ2) is 5.27. The van der Waals surface area contributed by atoms with Gasteiger partial charge in [0.05, 0.1) is 0 Å². The summed E-state index contributed by atoms with van der Waals surface area (Å²) < 4.78 is 12.9. The quantitative estimate of drug-likeness (QED) is 0.819. The fraction of sp³-hybridized carbons (Fsp3) is 0.462. The first-order valence-corrected chi connectivity index (χ1v) is 5.94. The van der Waals surface area contributed by atoms with E-state index in [0.717, 1.165) is 25.9 Å². The van der Waals surface area contributed by atoms with Crippen molar-refractivity contribution in [3.63, 3.8) is 0 Å². The Balaban J connectivity index is 2.03. The number of aryl methyl sites for hydroxylation is 1. The van der Waals surface area contributed by atoms with Crippen LogP contribution in [0.1, 0.15) is 28.8 Å². The fourth-order valence-electron chi connectivity index (χ4n) is 2.12. The molecule has 3 nitrogen and oxygen atoms in total. The Bertz CT molecular complexity index is 414. The van der Waals surface area contributed by atoms with Crippen LogP contribution in [0, 0.1) is 12.7 Å². The minimum Gasteiger partial charge on any atom is -0.348 e. The number of hydrogen-bond donors (Lipinski definition) is 2. The molecule has 0 radical (unpaired) electrons. The highest BCUT2D eigenvalue weighted by atomic mass is 19.1. The number of halogens is 1. The molecule has 17 heavy (non-hydrogen) atoms.